The van der Waals surface area contributed by atoms with Gasteiger partial charge < -0.3 is 21.1 Å². The van der Waals surface area contributed by atoms with Crippen LogP contribution < -0.4 is 16.2 Å². The number of hydrogen-bond acceptors (Lipinski definition) is 3. The molecule has 3 amide bonds. The minimum Gasteiger partial charge on any atom is -0.487 e. The van der Waals surface area contributed by atoms with Crippen LogP contribution in [0.2, 0.25) is 0 Å². The SMILES string of the molecule is NC(=O)c1ccc(OC2CN(C(N)=O)C2)cc1. The molecule has 0 aromatic heterocycles. The number of hydrogen-bond donors (Lipinski definition) is 2. The van der Waals surface area contributed by atoms with E-state index in [0.717, 1.165) is 0 Å². The number of ether oxygens (including phenoxy) is 1. The zero-order valence-corrected chi connectivity index (χ0v) is 9.13. The highest BCUT2D eigenvalue weighted by Crippen LogP contribution is 2.18. The minimum atomic E-state index is -0.472. The summed E-state index contributed by atoms with van der Waals surface area (Å²) in [7, 11) is 0. The molecule has 0 bridgehead atoms. The first-order valence-corrected chi connectivity index (χ1v) is 5.17. The lowest BCUT2D eigenvalue weighted by molar-refractivity contribution is 0.0477. The van der Waals surface area contributed by atoms with E-state index in [2.05, 4.69) is 0 Å². The van der Waals surface area contributed by atoms with Gasteiger partial charge in [-0.3, -0.25) is 4.79 Å². The zero-order chi connectivity index (χ0) is 12.4. The molecule has 1 fully saturated rings. The van der Waals surface area contributed by atoms with Crippen molar-refractivity contribution in [2.45, 2.75) is 6.10 Å². The van der Waals surface area contributed by atoms with Crippen LogP contribution in [0.1, 0.15) is 10.4 Å². The number of likely N-dealkylation sites (tertiary alicyclic amines) is 1. The molecular weight excluding hydrogens is 222 g/mol. The van der Waals surface area contributed by atoms with Gasteiger partial charge in [-0.05, 0) is 24.3 Å². The van der Waals surface area contributed by atoms with Crippen LogP contribution in [-0.2, 0) is 0 Å². The Balaban J connectivity index is 1.88. The molecule has 1 aromatic rings. The second-order valence-electron chi connectivity index (χ2n) is 3.87. The molecule has 0 aliphatic carbocycles. The van der Waals surface area contributed by atoms with Crippen LogP contribution in [0, 0.1) is 0 Å². The van der Waals surface area contributed by atoms with E-state index in [4.69, 9.17) is 16.2 Å². The summed E-state index contributed by atoms with van der Waals surface area (Å²) in [5, 5.41) is 0. The van der Waals surface area contributed by atoms with E-state index in [1.165, 1.54) is 4.90 Å². The smallest absolute Gasteiger partial charge is 0.315 e. The van der Waals surface area contributed by atoms with E-state index in [9.17, 15) is 9.59 Å². The van der Waals surface area contributed by atoms with Gasteiger partial charge in [0.1, 0.15) is 11.9 Å². The van der Waals surface area contributed by atoms with Gasteiger partial charge in [-0.15, -0.1) is 0 Å². The Bertz CT molecular complexity index is 438. The Morgan fingerprint density at radius 3 is 2.24 bits per heavy atom. The summed E-state index contributed by atoms with van der Waals surface area (Å²) in [6.45, 7) is 0.986. The van der Waals surface area contributed by atoms with Crippen LogP contribution in [0.25, 0.3) is 0 Å². The lowest BCUT2D eigenvalue weighted by Crippen LogP contribution is -2.57. The summed E-state index contributed by atoms with van der Waals surface area (Å²) in [4.78, 5) is 23.1. The highest BCUT2D eigenvalue weighted by Gasteiger charge is 2.30. The molecule has 0 radical (unpaired) electrons. The highest BCUT2D eigenvalue weighted by molar-refractivity contribution is 5.92. The first-order chi connectivity index (χ1) is 8.06. The van der Waals surface area contributed by atoms with Crippen molar-refractivity contribution in [1.29, 1.82) is 0 Å². The molecule has 2 rings (SSSR count). The van der Waals surface area contributed by atoms with Gasteiger partial charge in [-0.2, -0.15) is 0 Å². The van der Waals surface area contributed by atoms with Crippen molar-refractivity contribution in [1.82, 2.24) is 4.90 Å². The third-order valence-electron chi connectivity index (χ3n) is 2.60. The molecule has 4 N–H and O–H groups in total. The average Bonchev–Trinajstić information content (AvgIpc) is 2.23. The summed E-state index contributed by atoms with van der Waals surface area (Å²) in [6.07, 6.45) is -0.0399. The number of primary amides is 2. The fraction of sp³-hybridized carbons (Fsp3) is 0.273. The lowest BCUT2D eigenvalue weighted by atomic mass is 10.1. The molecule has 6 heteroatoms. The van der Waals surface area contributed by atoms with Crippen LogP contribution in [0.3, 0.4) is 0 Å². The van der Waals surface area contributed by atoms with E-state index < -0.39 is 11.9 Å². The van der Waals surface area contributed by atoms with Crippen molar-refractivity contribution in [2.24, 2.45) is 11.5 Å². The molecular formula is C11H13N3O3. The van der Waals surface area contributed by atoms with Gasteiger partial charge in [0.15, 0.2) is 0 Å². The predicted octanol–water partition coefficient (Wildman–Crippen LogP) is -0.0728. The van der Waals surface area contributed by atoms with Crippen LogP contribution >= 0.6 is 0 Å². The molecule has 90 valence electrons. The normalized spacial score (nSPS) is 15.2. The van der Waals surface area contributed by atoms with Crippen molar-refractivity contribution in [3.8, 4) is 5.75 Å². The molecule has 1 aliphatic rings. The third-order valence-corrected chi connectivity index (χ3v) is 2.60. The molecule has 0 spiro atoms. The molecule has 1 aromatic carbocycles. The first kappa shape index (κ1) is 11.3. The van der Waals surface area contributed by atoms with E-state index in [-0.39, 0.29) is 6.10 Å². The van der Waals surface area contributed by atoms with Crippen LogP contribution in [0.4, 0.5) is 4.79 Å². The van der Waals surface area contributed by atoms with Crippen molar-refractivity contribution < 1.29 is 14.3 Å². The largest absolute Gasteiger partial charge is 0.487 e. The van der Waals surface area contributed by atoms with E-state index in [1.54, 1.807) is 24.3 Å². The molecule has 17 heavy (non-hydrogen) atoms. The number of nitrogens with zero attached hydrogens (tertiary/aromatic N) is 1. The summed E-state index contributed by atoms with van der Waals surface area (Å²) in [5.41, 5.74) is 10.6. The second kappa shape index (κ2) is 4.32. The number of benzene rings is 1. The molecule has 0 saturated carbocycles. The maximum absolute atomic E-state index is 10.8. The van der Waals surface area contributed by atoms with Gasteiger partial charge in [0.2, 0.25) is 5.91 Å². The average molecular weight is 235 g/mol. The number of nitrogens with two attached hydrogens (primary N) is 2. The molecule has 6 nitrogen and oxygen atoms in total. The van der Waals surface area contributed by atoms with E-state index in [0.29, 0.717) is 24.4 Å². The summed E-state index contributed by atoms with van der Waals surface area (Å²) >= 11 is 0. The fourth-order valence-corrected chi connectivity index (χ4v) is 1.58. The standard InChI is InChI=1S/C11H13N3O3/c12-10(15)7-1-3-8(4-2-7)17-9-5-14(6-9)11(13)16/h1-4,9H,5-6H2,(H2,12,15)(H2,13,16). The molecule has 1 saturated heterocycles. The van der Waals surface area contributed by atoms with Gasteiger partial charge in [-0.25, -0.2) is 4.79 Å². The van der Waals surface area contributed by atoms with Gasteiger partial charge in [-0.1, -0.05) is 0 Å². The van der Waals surface area contributed by atoms with Crippen molar-refractivity contribution in [3.05, 3.63) is 29.8 Å². The quantitative estimate of drug-likeness (QED) is 0.766. The summed E-state index contributed by atoms with van der Waals surface area (Å²) in [6, 6.07) is 6.11. The van der Waals surface area contributed by atoms with Crippen LogP contribution in [0.15, 0.2) is 24.3 Å². The number of carbonyl (C=O) groups is 2. The van der Waals surface area contributed by atoms with Gasteiger partial charge in [0.25, 0.3) is 0 Å². The Kier molecular flexibility index (Phi) is 2.86. The summed E-state index contributed by atoms with van der Waals surface area (Å²) < 4.78 is 5.56. The molecule has 0 unspecified atom stereocenters. The number of amides is 3. The zero-order valence-electron chi connectivity index (χ0n) is 9.13. The topological polar surface area (TPSA) is 98.7 Å². The van der Waals surface area contributed by atoms with E-state index in [1.807, 2.05) is 0 Å². The third kappa shape index (κ3) is 2.47. The number of rotatable bonds is 3. The fourth-order valence-electron chi connectivity index (χ4n) is 1.58. The number of carbonyl (C=O) groups excluding carboxylic acids is 2. The van der Waals surface area contributed by atoms with Crippen LogP contribution in [-0.4, -0.2) is 36.0 Å². The Hall–Kier alpha value is -2.24. The first-order valence-electron chi connectivity index (χ1n) is 5.17. The van der Waals surface area contributed by atoms with Gasteiger partial charge in [0.05, 0.1) is 13.1 Å². The van der Waals surface area contributed by atoms with Crippen molar-refractivity contribution >= 4 is 11.9 Å². The Labute approximate surface area is 98.1 Å². The number of urea groups is 1. The molecule has 1 heterocycles. The van der Waals surface area contributed by atoms with E-state index >= 15 is 0 Å². The Morgan fingerprint density at radius 1 is 1.18 bits per heavy atom. The highest BCUT2D eigenvalue weighted by atomic mass is 16.5. The second-order valence-corrected chi connectivity index (χ2v) is 3.87. The minimum absolute atomic E-state index is 0.0399. The van der Waals surface area contributed by atoms with Gasteiger partial charge >= 0.3 is 6.03 Å². The maximum atomic E-state index is 10.8. The summed E-state index contributed by atoms with van der Waals surface area (Å²) in [5.74, 6) is 0.171. The van der Waals surface area contributed by atoms with Gasteiger partial charge in [0, 0.05) is 5.56 Å². The van der Waals surface area contributed by atoms with Crippen molar-refractivity contribution in [3.63, 3.8) is 0 Å². The molecule has 1 aliphatic heterocycles. The van der Waals surface area contributed by atoms with Crippen molar-refractivity contribution in [2.75, 3.05) is 13.1 Å². The Morgan fingerprint density at radius 2 is 1.76 bits per heavy atom. The monoisotopic (exact) mass is 235 g/mol. The predicted molar refractivity (Wildman–Crippen MR) is 60.5 cm³/mol. The molecule has 0 atom stereocenters. The maximum Gasteiger partial charge on any atom is 0.315 e. The lowest BCUT2D eigenvalue weighted by Gasteiger charge is -2.37. The van der Waals surface area contributed by atoms with Crippen LogP contribution in [0.5, 0.6) is 5.75 Å².